The predicted octanol–water partition coefficient (Wildman–Crippen LogP) is 7.07. The van der Waals surface area contributed by atoms with Crippen LogP contribution in [0.15, 0.2) is 24.3 Å². The first-order valence-electron chi connectivity index (χ1n) is 11.8. The van der Waals surface area contributed by atoms with E-state index in [1.807, 2.05) is 0 Å². The lowest BCUT2D eigenvalue weighted by Gasteiger charge is -2.35. The second kappa shape index (κ2) is 11.4. The fraction of sp³-hybridized carbons (Fsp3) is 0.458. The van der Waals surface area contributed by atoms with Gasteiger partial charge in [0, 0.05) is 33.2 Å². The number of halogens is 9. The summed E-state index contributed by atoms with van der Waals surface area (Å²) in [6, 6.07) is 6.31. The molecule has 2 unspecified atom stereocenters. The Bertz CT molecular complexity index is 1350. The number of rotatable bonds is 7. The first kappa shape index (κ1) is 29.9. The number of hydrogen-bond acceptors (Lipinski definition) is 5. The van der Waals surface area contributed by atoms with Crippen LogP contribution in [-0.2, 0) is 13.6 Å². The van der Waals surface area contributed by atoms with Gasteiger partial charge in [-0.15, -0.1) is 0 Å². The molecular formula is C24H24Cl3F6N5O. The number of nitrogens with zero attached hydrogens (tertiary/aromatic N) is 3. The molecule has 1 aliphatic heterocycles. The number of benzene rings is 2. The molecule has 39 heavy (non-hydrogen) atoms. The Morgan fingerprint density at radius 3 is 2.49 bits per heavy atom. The van der Waals surface area contributed by atoms with Crippen LogP contribution in [0.25, 0.3) is 11.0 Å². The topological polar surface area (TPSA) is 65.3 Å². The standard InChI is InChI=1S/C24H24Cl3F6N5O/c1-37-18-8-17(38-6-2-3-13(11-38)23(28,29)30)15(26)7-16(18)35-22(37)36-21-14(25)5-4-12(20(21)27)9-34-10-19(39)24(31,32)33/h4-5,7-8,13,19,34,39H,2-3,6,9-11H2,1H3,(H,35,36). The van der Waals surface area contributed by atoms with Gasteiger partial charge >= 0.3 is 12.4 Å². The minimum atomic E-state index is -4.75. The van der Waals surface area contributed by atoms with E-state index in [-0.39, 0.29) is 40.3 Å². The summed E-state index contributed by atoms with van der Waals surface area (Å²) in [4.78, 5) is 6.14. The van der Waals surface area contributed by atoms with Gasteiger partial charge in [-0.2, -0.15) is 26.3 Å². The van der Waals surface area contributed by atoms with Gasteiger partial charge in [0.1, 0.15) is 0 Å². The highest BCUT2D eigenvalue weighted by molar-refractivity contribution is 6.39. The van der Waals surface area contributed by atoms with E-state index in [4.69, 9.17) is 39.9 Å². The van der Waals surface area contributed by atoms with Crippen LogP contribution in [0, 0.1) is 5.92 Å². The summed E-state index contributed by atoms with van der Waals surface area (Å²) in [6.07, 6.45) is -11.1. The summed E-state index contributed by atoms with van der Waals surface area (Å²) in [5.41, 5.74) is 2.22. The normalized spacial score (nSPS) is 17.6. The number of fused-ring (bicyclic) bond motifs is 1. The Morgan fingerprint density at radius 2 is 1.82 bits per heavy atom. The molecular weight excluding hydrogens is 595 g/mol. The fourth-order valence-corrected chi connectivity index (χ4v) is 5.25. The van der Waals surface area contributed by atoms with E-state index in [1.165, 1.54) is 12.1 Å². The van der Waals surface area contributed by atoms with E-state index in [2.05, 4.69) is 15.6 Å². The molecule has 0 amide bonds. The monoisotopic (exact) mass is 617 g/mol. The average Bonchev–Trinajstić information content (AvgIpc) is 3.15. The second-order valence-corrected chi connectivity index (χ2v) is 10.5. The number of aliphatic hydroxyl groups excluding tert-OH is 1. The van der Waals surface area contributed by atoms with Crippen LogP contribution in [-0.4, -0.2) is 52.7 Å². The summed E-state index contributed by atoms with van der Waals surface area (Å²) >= 11 is 19.3. The smallest absolute Gasteiger partial charge is 0.382 e. The van der Waals surface area contributed by atoms with Gasteiger partial charge in [-0.25, -0.2) is 4.98 Å². The minimum absolute atomic E-state index is 0.0681. The number of aromatic nitrogens is 2. The van der Waals surface area contributed by atoms with Crippen LogP contribution in [0.3, 0.4) is 0 Å². The molecule has 2 atom stereocenters. The Morgan fingerprint density at radius 1 is 1.10 bits per heavy atom. The van der Waals surface area contributed by atoms with E-state index in [0.29, 0.717) is 41.2 Å². The molecule has 1 fully saturated rings. The summed E-state index contributed by atoms with van der Waals surface area (Å²) in [7, 11) is 1.69. The van der Waals surface area contributed by atoms with Crippen molar-refractivity contribution in [2.75, 3.05) is 29.9 Å². The summed E-state index contributed by atoms with van der Waals surface area (Å²) in [5, 5.41) is 15.3. The molecule has 214 valence electrons. The molecule has 0 bridgehead atoms. The highest BCUT2D eigenvalue weighted by Crippen LogP contribution is 2.40. The van der Waals surface area contributed by atoms with Crippen molar-refractivity contribution in [3.05, 3.63) is 44.9 Å². The van der Waals surface area contributed by atoms with E-state index >= 15 is 0 Å². The van der Waals surface area contributed by atoms with Gasteiger partial charge in [0.15, 0.2) is 6.10 Å². The minimum Gasteiger partial charge on any atom is -0.382 e. The molecule has 2 heterocycles. The van der Waals surface area contributed by atoms with E-state index in [1.54, 1.807) is 28.6 Å². The third kappa shape index (κ3) is 6.62. The molecule has 1 aromatic heterocycles. The zero-order chi connectivity index (χ0) is 28.7. The van der Waals surface area contributed by atoms with E-state index < -0.39 is 30.9 Å². The number of aliphatic hydroxyl groups is 1. The number of aryl methyl sites for hydroxylation is 1. The third-order valence-electron chi connectivity index (χ3n) is 6.61. The largest absolute Gasteiger partial charge is 0.415 e. The fourth-order valence-electron chi connectivity index (χ4n) is 4.44. The SMILES string of the molecule is Cn1c(Nc2c(Cl)ccc(CNCC(O)C(F)(F)F)c2Cl)nc2cc(Cl)c(N3CCCC(C(F)(F)F)C3)cc21. The van der Waals surface area contributed by atoms with Crippen LogP contribution in [0.1, 0.15) is 18.4 Å². The van der Waals surface area contributed by atoms with Crippen LogP contribution in [0.4, 0.5) is 43.7 Å². The van der Waals surface area contributed by atoms with E-state index in [0.717, 1.165) is 0 Å². The van der Waals surface area contributed by atoms with Gasteiger partial charge in [-0.3, -0.25) is 0 Å². The van der Waals surface area contributed by atoms with Crippen molar-refractivity contribution in [2.45, 2.75) is 37.8 Å². The summed E-state index contributed by atoms with van der Waals surface area (Å²) in [6.45, 7) is -0.551. The molecule has 3 N–H and O–H groups in total. The zero-order valence-electron chi connectivity index (χ0n) is 20.4. The molecule has 2 aromatic carbocycles. The molecule has 0 aliphatic carbocycles. The van der Waals surface area contributed by atoms with Crippen molar-refractivity contribution in [2.24, 2.45) is 13.0 Å². The van der Waals surface area contributed by atoms with Gasteiger partial charge in [-0.05, 0) is 36.6 Å². The highest BCUT2D eigenvalue weighted by Gasteiger charge is 2.42. The lowest BCUT2D eigenvalue weighted by atomic mass is 9.97. The summed E-state index contributed by atoms with van der Waals surface area (Å²) < 4.78 is 79.3. The maximum Gasteiger partial charge on any atom is 0.415 e. The highest BCUT2D eigenvalue weighted by atomic mass is 35.5. The van der Waals surface area contributed by atoms with Gasteiger partial charge in [0.05, 0.1) is 43.4 Å². The lowest BCUT2D eigenvalue weighted by molar-refractivity contribution is -0.201. The average molecular weight is 619 g/mol. The zero-order valence-corrected chi connectivity index (χ0v) is 22.7. The van der Waals surface area contributed by atoms with Crippen molar-refractivity contribution in [1.82, 2.24) is 14.9 Å². The third-order valence-corrected chi connectivity index (χ3v) is 7.66. The number of imidazole rings is 1. The predicted molar refractivity (Wildman–Crippen MR) is 140 cm³/mol. The first-order valence-corrected chi connectivity index (χ1v) is 13.0. The van der Waals surface area contributed by atoms with Crippen LogP contribution in [0.5, 0.6) is 0 Å². The van der Waals surface area contributed by atoms with Crippen LogP contribution in [0.2, 0.25) is 15.1 Å². The van der Waals surface area contributed by atoms with Crippen molar-refractivity contribution < 1.29 is 31.4 Å². The maximum absolute atomic E-state index is 13.3. The maximum atomic E-state index is 13.3. The summed E-state index contributed by atoms with van der Waals surface area (Å²) in [5.74, 6) is -1.14. The lowest BCUT2D eigenvalue weighted by Crippen LogP contribution is -2.41. The van der Waals surface area contributed by atoms with Crippen molar-refractivity contribution >= 4 is 63.2 Å². The molecule has 1 aliphatic rings. The molecule has 1 saturated heterocycles. The molecule has 0 radical (unpaired) electrons. The Labute approximate surface area is 234 Å². The first-order chi connectivity index (χ1) is 18.2. The molecule has 6 nitrogen and oxygen atoms in total. The van der Waals surface area contributed by atoms with Crippen LogP contribution >= 0.6 is 34.8 Å². The molecule has 3 aromatic rings. The van der Waals surface area contributed by atoms with Gasteiger partial charge in [0.2, 0.25) is 5.95 Å². The Hall–Kier alpha value is -2.12. The number of hydrogen-bond donors (Lipinski definition) is 3. The molecule has 4 rings (SSSR count). The van der Waals surface area contributed by atoms with Crippen LogP contribution < -0.4 is 15.5 Å². The number of nitrogens with one attached hydrogen (secondary N) is 2. The number of anilines is 3. The molecule has 0 spiro atoms. The Kier molecular flexibility index (Phi) is 8.73. The van der Waals surface area contributed by atoms with E-state index in [9.17, 15) is 26.3 Å². The van der Waals surface area contributed by atoms with Crippen molar-refractivity contribution in [3.63, 3.8) is 0 Å². The molecule has 0 saturated carbocycles. The number of piperidine rings is 1. The Balaban J connectivity index is 1.58. The second-order valence-electron chi connectivity index (χ2n) is 9.32. The van der Waals surface area contributed by atoms with Crippen molar-refractivity contribution in [1.29, 1.82) is 0 Å². The van der Waals surface area contributed by atoms with Gasteiger partial charge in [0.25, 0.3) is 0 Å². The van der Waals surface area contributed by atoms with Gasteiger partial charge < -0.3 is 25.2 Å². The van der Waals surface area contributed by atoms with Crippen molar-refractivity contribution in [3.8, 4) is 0 Å². The van der Waals surface area contributed by atoms with Gasteiger partial charge in [-0.1, -0.05) is 40.9 Å². The number of alkyl halides is 6. The molecule has 15 heteroatoms. The quantitative estimate of drug-likeness (QED) is 0.247.